The second-order valence-corrected chi connectivity index (χ2v) is 8.40. The Kier molecular flexibility index (Phi) is 3.77. The average Bonchev–Trinajstić information content (AvgIpc) is 2.61. The van der Waals surface area contributed by atoms with Crippen LogP contribution in [0.3, 0.4) is 0 Å². The number of hydrogen-bond acceptors (Lipinski definition) is 2. The molecule has 0 fully saturated rings. The molecule has 0 N–H and O–H groups in total. The molecule has 0 amide bonds. The highest BCUT2D eigenvalue weighted by Crippen LogP contribution is 2.36. The van der Waals surface area contributed by atoms with Crippen LogP contribution in [0.25, 0.3) is 32.3 Å². The van der Waals surface area contributed by atoms with E-state index in [1.54, 1.807) is 14.2 Å². The molecule has 0 heterocycles. The van der Waals surface area contributed by atoms with Gasteiger partial charge in [0.1, 0.15) is 0 Å². The first-order valence-electron chi connectivity index (χ1n) is 8.03. The third kappa shape index (κ3) is 2.41. The van der Waals surface area contributed by atoms with Gasteiger partial charge in [0.2, 0.25) is 0 Å². The van der Waals surface area contributed by atoms with Gasteiger partial charge in [-0.3, -0.25) is 0 Å². The molecular weight excluding hydrogens is 300 g/mol. The zero-order valence-electron chi connectivity index (χ0n) is 13.5. The molecular formula is C20H20O2Si. The van der Waals surface area contributed by atoms with Crippen molar-refractivity contribution < 1.29 is 8.85 Å². The van der Waals surface area contributed by atoms with E-state index in [4.69, 9.17) is 8.85 Å². The average molecular weight is 320 g/mol. The molecule has 3 heteroatoms. The van der Waals surface area contributed by atoms with Crippen LogP contribution in [0.5, 0.6) is 0 Å². The smallest absolute Gasteiger partial charge is 0.321 e. The van der Waals surface area contributed by atoms with Crippen LogP contribution in [0.2, 0.25) is 6.04 Å². The molecule has 0 aliphatic rings. The molecule has 0 saturated carbocycles. The van der Waals surface area contributed by atoms with E-state index in [2.05, 4.69) is 54.6 Å². The van der Waals surface area contributed by atoms with Crippen LogP contribution < -0.4 is 0 Å². The summed E-state index contributed by atoms with van der Waals surface area (Å²) in [6.45, 7) is 0. The van der Waals surface area contributed by atoms with Gasteiger partial charge in [0.25, 0.3) is 0 Å². The lowest BCUT2D eigenvalue weighted by Crippen LogP contribution is -2.19. The van der Waals surface area contributed by atoms with Crippen LogP contribution in [0.4, 0.5) is 0 Å². The maximum atomic E-state index is 5.46. The Bertz CT molecular complexity index is 944. The van der Waals surface area contributed by atoms with Crippen molar-refractivity contribution in [3.63, 3.8) is 0 Å². The quantitative estimate of drug-likeness (QED) is 0.394. The molecule has 2 nitrogen and oxygen atoms in total. The van der Waals surface area contributed by atoms with Crippen LogP contribution in [0.15, 0.2) is 54.6 Å². The number of rotatable bonds is 5. The largest absolute Gasteiger partial charge is 0.400 e. The molecule has 0 spiro atoms. The van der Waals surface area contributed by atoms with Crippen molar-refractivity contribution in [2.75, 3.05) is 14.2 Å². The van der Waals surface area contributed by atoms with Crippen LogP contribution >= 0.6 is 0 Å². The molecule has 4 aromatic carbocycles. The summed E-state index contributed by atoms with van der Waals surface area (Å²) in [6, 6.07) is 21.0. The van der Waals surface area contributed by atoms with E-state index < -0.39 is 9.28 Å². The van der Waals surface area contributed by atoms with E-state index in [0.29, 0.717) is 0 Å². The molecule has 0 bridgehead atoms. The lowest BCUT2D eigenvalue weighted by Gasteiger charge is -2.15. The summed E-state index contributed by atoms with van der Waals surface area (Å²) >= 11 is 0. The van der Waals surface area contributed by atoms with E-state index in [0.717, 1.165) is 12.5 Å². The zero-order chi connectivity index (χ0) is 15.8. The van der Waals surface area contributed by atoms with Gasteiger partial charge in [0, 0.05) is 14.2 Å². The minimum atomic E-state index is -1.51. The Morgan fingerprint density at radius 3 is 2.04 bits per heavy atom. The van der Waals surface area contributed by atoms with Gasteiger partial charge in [-0.1, -0.05) is 54.6 Å². The fraction of sp³-hybridized carbons (Fsp3) is 0.200. The van der Waals surface area contributed by atoms with Gasteiger partial charge in [-0.2, -0.15) is 0 Å². The van der Waals surface area contributed by atoms with Gasteiger partial charge in [0.05, 0.1) is 0 Å². The molecule has 0 unspecified atom stereocenters. The molecule has 0 aromatic heterocycles. The highest BCUT2D eigenvalue weighted by molar-refractivity contribution is 6.44. The Balaban J connectivity index is 1.89. The van der Waals surface area contributed by atoms with Crippen molar-refractivity contribution in [2.45, 2.75) is 12.5 Å². The monoisotopic (exact) mass is 320 g/mol. The fourth-order valence-corrected chi connectivity index (χ4v) is 4.83. The van der Waals surface area contributed by atoms with Crippen LogP contribution in [0.1, 0.15) is 5.56 Å². The molecule has 0 atom stereocenters. The molecule has 23 heavy (non-hydrogen) atoms. The zero-order valence-corrected chi connectivity index (χ0v) is 14.7. The van der Waals surface area contributed by atoms with E-state index >= 15 is 0 Å². The third-order valence-corrected chi connectivity index (χ3v) is 6.61. The predicted octanol–water partition coefficient (Wildman–Crippen LogP) is 4.64. The molecule has 0 aliphatic carbocycles. The lowest BCUT2D eigenvalue weighted by molar-refractivity contribution is 0.277. The summed E-state index contributed by atoms with van der Waals surface area (Å²) < 4.78 is 10.9. The molecule has 4 aromatic rings. The van der Waals surface area contributed by atoms with Crippen molar-refractivity contribution >= 4 is 41.6 Å². The van der Waals surface area contributed by atoms with E-state index in [9.17, 15) is 0 Å². The van der Waals surface area contributed by atoms with Gasteiger partial charge in [-0.05, 0) is 50.3 Å². The van der Waals surface area contributed by atoms with Crippen molar-refractivity contribution in [3.8, 4) is 0 Å². The van der Waals surface area contributed by atoms with Crippen molar-refractivity contribution in [3.05, 3.63) is 60.2 Å². The summed E-state index contributed by atoms with van der Waals surface area (Å²) in [5.41, 5.74) is 1.39. The highest BCUT2D eigenvalue weighted by atomic mass is 28.3. The molecule has 0 radical (unpaired) electrons. The molecule has 4 rings (SSSR count). The van der Waals surface area contributed by atoms with Crippen LogP contribution in [-0.4, -0.2) is 23.5 Å². The van der Waals surface area contributed by atoms with Crippen LogP contribution in [0, 0.1) is 0 Å². The van der Waals surface area contributed by atoms with Crippen molar-refractivity contribution in [1.29, 1.82) is 0 Å². The first kappa shape index (κ1) is 14.6. The Morgan fingerprint density at radius 2 is 1.35 bits per heavy atom. The summed E-state index contributed by atoms with van der Waals surface area (Å²) in [6.07, 6.45) is 1.01. The highest BCUT2D eigenvalue weighted by Gasteiger charge is 2.13. The topological polar surface area (TPSA) is 18.5 Å². The maximum absolute atomic E-state index is 5.46. The SMILES string of the molecule is CO[SiH](CCc1ccc2ccc3cccc4ccc1c2c34)OC. The Hall–Kier alpha value is -1.94. The fourth-order valence-electron chi connectivity index (χ4n) is 3.62. The minimum Gasteiger partial charge on any atom is -0.400 e. The van der Waals surface area contributed by atoms with Crippen molar-refractivity contribution in [1.82, 2.24) is 0 Å². The number of hydrogen-bond donors (Lipinski definition) is 0. The van der Waals surface area contributed by atoms with E-state index in [1.807, 2.05) is 0 Å². The summed E-state index contributed by atoms with van der Waals surface area (Å²) in [4.78, 5) is 0. The summed E-state index contributed by atoms with van der Waals surface area (Å²) in [5.74, 6) is 0. The third-order valence-electron chi connectivity index (χ3n) is 4.79. The Morgan fingerprint density at radius 1 is 0.739 bits per heavy atom. The van der Waals surface area contributed by atoms with Gasteiger partial charge >= 0.3 is 9.28 Å². The van der Waals surface area contributed by atoms with Crippen molar-refractivity contribution in [2.24, 2.45) is 0 Å². The summed E-state index contributed by atoms with van der Waals surface area (Å²) in [7, 11) is 2.00. The normalized spacial score (nSPS) is 12.1. The van der Waals surface area contributed by atoms with Gasteiger partial charge in [-0.25, -0.2) is 0 Å². The summed E-state index contributed by atoms with van der Waals surface area (Å²) in [5, 5.41) is 8.10. The van der Waals surface area contributed by atoms with E-state index in [1.165, 1.54) is 37.9 Å². The maximum Gasteiger partial charge on any atom is 0.321 e. The predicted molar refractivity (Wildman–Crippen MR) is 99.8 cm³/mol. The molecule has 0 saturated heterocycles. The number of benzene rings is 4. The van der Waals surface area contributed by atoms with Crippen LogP contribution in [-0.2, 0) is 15.3 Å². The van der Waals surface area contributed by atoms with Gasteiger partial charge in [0.15, 0.2) is 0 Å². The standard InChI is InChI=1S/C20H20O2Si/c1-21-23(22-2)13-12-14-6-7-17-9-8-15-4-3-5-16-10-11-18(14)20(17)19(15)16/h3-11,23H,12-13H2,1-2H3. The first-order chi connectivity index (χ1) is 11.3. The first-order valence-corrected chi connectivity index (χ1v) is 9.79. The van der Waals surface area contributed by atoms with Gasteiger partial charge < -0.3 is 8.85 Å². The van der Waals surface area contributed by atoms with E-state index in [-0.39, 0.29) is 0 Å². The number of aryl methyl sites for hydroxylation is 1. The molecule has 0 aliphatic heterocycles. The minimum absolute atomic E-state index is 0.997. The second-order valence-electron chi connectivity index (χ2n) is 6.02. The lowest BCUT2D eigenvalue weighted by atomic mass is 9.91. The van der Waals surface area contributed by atoms with Gasteiger partial charge in [-0.15, -0.1) is 0 Å². The second kappa shape index (κ2) is 5.93. The molecule has 116 valence electrons. The Labute approximate surface area is 137 Å².